The van der Waals surface area contributed by atoms with Gasteiger partial charge in [-0.15, -0.1) is 0 Å². The molecule has 1 heterocycles. The molecular formula is C17H26N2O4S. The van der Waals surface area contributed by atoms with Crippen molar-refractivity contribution >= 4 is 16.0 Å². The molecule has 1 aliphatic rings. The number of hydrogen-bond donors (Lipinski definition) is 2. The van der Waals surface area contributed by atoms with Crippen LogP contribution in [-0.2, 0) is 10.0 Å². The molecule has 0 atom stereocenters. The van der Waals surface area contributed by atoms with E-state index in [-0.39, 0.29) is 10.5 Å². The molecular weight excluding hydrogens is 328 g/mol. The summed E-state index contributed by atoms with van der Waals surface area (Å²) >= 11 is 0. The molecule has 1 aromatic carbocycles. The summed E-state index contributed by atoms with van der Waals surface area (Å²) in [5.74, 6) is -0.352. The number of benzene rings is 1. The van der Waals surface area contributed by atoms with Gasteiger partial charge in [-0.2, -0.15) is 0 Å². The van der Waals surface area contributed by atoms with Crippen LogP contribution in [-0.4, -0.2) is 50.6 Å². The van der Waals surface area contributed by atoms with Crippen LogP contribution >= 0.6 is 0 Å². The molecule has 0 aliphatic carbocycles. The number of likely N-dealkylation sites (tertiary alicyclic amines) is 1. The van der Waals surface area contributed by atoms with E-state index in [1.165, 1.54) is 31.0 Å². The van der Waals surface area contributed by atoms with Crippen LogP contribution in [0.1, 0.15) is 42.1 Å². The molecule has 0 spiro atoms. The zero-order valence-corrected chi connectivity index (χ0v) is 15.1. The van der Waals surface area contributed by atoms with E-state index in [1.54, 1.807) is 6.92 Å². The number of aryl methyl sites for hydroxylation is 1. The van der Waals surface area contributed by atoms with Crippen LogP contribution in [0.3, 0.4) is 0 Å². The van der Waals surface area contributed by atoms with Gasteiger partial charge in [0.25, 0.3) is 0 Å². The highest BCUT2D eigenvalue weighted by atomic mass is 32.2. The Hall–Kier alpha value is -1.44. The van der Waals surface area contributed by atoms with Crippen molar-refractivity contribution in [1.82, 2.24) is 9.62 Å². The van der Waals surface area contributed by atoms with Gasteiger partial charge < -0.3 is 10.0 Å². The number of piperidine rings is 1. The molecule has 1 aliphatic heterocycles. The molecule has 7 heteroatoms. The molecule has 134 valence electrons. The van der Waals surface area contributed by atoms with Crippen LogP contribution in [0.25, 0.3) is 0 Å². The van der Waals surface area contributed by atoms with Crippen molar-refractivity contribution in [3.05, 3.63) is 29.3 Å². The minimum absolute atomic E-state index is 0.0246. The Balaban J connectivity index is 1.89. The summed E-state index contributed by atoms with van der Waals surface area (Å²) in [6.07, 6.45) is 3.14. The number of rotatable bonds is 7. The Kier molecular flexibility index (Phi) is 6.37. The van der Waals surface area contributed by atoms with E-state index in [9.17, 15) is 13.2 Å². The summed E-state index contributed by atoms with van der Waals surface area (Å²) in [5, 5.41) is 9.02. The zero-order chi connectivity index (χ0) is 17.7. The molecule has 1 fully saturated rings. The quantitative estimate of drug-likeness (QED) is 0.732. The van der Waals surface area contributed by atoms with Gasteiger partial charge in [-0.1, -0.05) is 13.0 Å². The lowest BCUT2D eigenvalue weighted by Gasteiger charge is -2.30. The highest BCUT2D eigenvalue weighted by Gasteiger charge is 2.19. The van der Waals surface area contributed by atoms with Gasteiger partial charge in [-0.25, -0.2) is 17.9 Å². The first-order valence-electron chi connectivity index (χ1n) is 8.35. The van der Waals surface area contributed by atoms with Gasteiger partial charge in [-0.3, -0.25) is 0 Å². The zero-order valence-electron chi connectivity index (χ0n) is 14.3. The number of carbonyl (C=O) groups is 1. The van der Waals surface area contributed by atoms with Gasteiger partial charge in [0.1, 0.15) is 0 Å². The van der Waals surface area contributed by atoms with E-state index in [0.29, 0.717) is 12.1 Å². The lowest BCUT2D eigenvalue weighted by atomic mass is 9.99. The second-order valence-corrected chi connectivity index (χ2v) is 8.30. The number of hydrogen-bond acceptors (Lipinski definition) is 4. The Morgan fingerprint density at radius 1 is 1.33 bits per heavy atom. The Morgan fingerprint density at radius 3 is 2.62 bits per heavy atom. The second kappa shape index (κ2) is 8.09. The smallest absolute Gasteiger partial charge is 0.335 e. The third-order valence-electron chi connectivity index (χ3n) is 4.54. The van der Waals surface area contributed by atoms with Crippen LogP contribution < -0.4 is 4.72 Å². The number of nitrogens with one attached hydrogen (secondary N) is 1. The van der Waals surface area contributed by atoms with Gasteiger partial charge in [-0.05, 0) is 69.4 Å². The normalized spacial score (nSPS) is 17.1. The van der Waals surface area contributed by atoms with E-state index >= 15 is 0 Å². The Bertz CT molecular complexity index is 680. The van der Waals surface area contributed by atoms with Crippen molar-refractivity contribution in [3.8, 4) is 0 Å². The Morgan fingerprint density at radius 2 is 2.00 bits per heavy atom. The van der Waals surface area contributed by atoms with Gasteiger partial charge in [0, 0.05) is 6.54 Å². The largest absolute Gasteiger partial charge is 0.478 e. The van der Waals surface area contributed by atoms with Crippen LogP contribution in [0.4, 0.5) is 0 Å². The summed E-state index contributed by atoms with van der Waals surface area (Å²) < 4.78 is 27.4. The predicted octanol–water partition coefficient (Wildman–Crippen LogP) is 2.09. The maximum atomic E-state index is 12.4. The molecule has 2 rings (SSSR count). The summed E-state index contributed by atoms with van der Waals surface area (Å²) in [5.41, 5.74) is 0.515. The monoisotopic (exact) mass is 354 g/mol. The van der Waals surface area contributed by atoms with E-state index in [1.807, 2.05) is 0 Å². The molecule has 0 unspecified atom stereocenters. The average molecular weight is 354 g/mol. The second-order valence-electron chi connectivity index (χ2n) is 6.56. The fourth-order valence-corrected chi connectivity index (χ4v) is 4.24. The molecule has 2 N–H and O–H groups in total. The van der Waals surface area contributed by atoms with Crippen LogP contribution in [0.5, 0.6) is 0 Å². The van der Waals surface area contributed by atoms with E-state index < -0.39 is 16.0 Å². The molecule has 0 saturated carbocycles. The van der Waals surface area contributed by atoms with Crippen molar-refractivity contribution in [2.75, 3.05) is 26.2 Å². The third-order valence-corrected chi connectivity index (χ3v) is 6.15. The lowest BCUT2D eigenvalue weighted by Crippen LogP contribution is -2.35. The lowest BCUT2D eigenvalue weighted by molar-refractivity contribution is 0.0696. The van der Waals surface area contributed by atoms with Crippen molar-refractivity contribution < 1.29 is 18.3 Å². The number of nitrogens with zero attached hydrogens (tertiary/aromatic N) is 1. The summed E-state index contributed by atoms with van der Waals surface area (Å²) in [6.45, 7) is 7.31. The van der Waals surface area contributed by atoms with Crippen molar-refractivity contribution in [3.63, 3.8) is 0 Å². The standard InChI is InChI=1S/C17H26N2O4S/c1-13-6-10-19(11-7-13)9-3-8-18-24(22,23)16-12-15(17(20)21)5-4-14(16)2/h4-5,12-13,18H,3,6-11H2,1-2H3,(H,20,21). The summed E-state index contributed by atoms with van der Waals surface area (Å²) in [4.78, 5) is 13.4. The van der Waals surface area contributed by atoms with Gasteiger partial charge in [0.05, 0.1) is 10.5 Å². The minimum Gasteiger partial charge on any atom is -0.478 e. The minimum atomic E-state index is -3.69. The maximum Gasteiger partial charge on any atom is 0.335 e. The molecule has 1 saturated heterocycles. The van der Waals surface area contributed by atoms with Crippen LogP contribution in [0.15, 0.2) is 23.1 Å². The number of carboxylic acids is 1. The topological polar surface area (TPSA) is 86.7 Å². The highest BCUT2D eigenvalue weighted by molar-refractivity contribution is 7.89. The van der Waals surface area contributed by atoms with Crippen molar-refractivity contribution in [1.29, 1.82) is 0 Å². The molecule has 1 aromatic rings. The average Bonchev–Trinajstić information content (AvgIpc) is 2.53. The molecule has 0 amide bonds. The fourth-order valence-electron chi connectivity index (χ4n) is 2.90. The first kappa shape index (κ1) is 18.9. The molecule has 0 radical (unpaired) electrons. The van der Waals surface area contributed by atoms with Gasteiger partial charge in [0.2, 0.25) is 10.0 Å². The van der Waals surface area contributed by atoms with Crippen LogP contribution in [0, 0.1) is 12.8 Å². The summed E-state index contributed by atoms with van der Waals surface area (Å²) in [7, 11) is -3.69. The fraction of sp³-hybridized carbons (Fsp3) is 0.588. The third kappa shape index (κ3) is 5.03. The molecule has 0 bridgehead atoms. The van der Waals surface area contributed by atoms with Crippen molar-refractivity contribution in [2.45, 2.75) is 38.0 Å². The maximum absolute atomic E-state index is 12.4. The highest BCUT2D eigenvalue weighted by Crippen LogP contribution is 2.18. The first-order valence-corrected chi connectivity index (χ1v) is 9.84. The number of carboxylic acid groups (broad SMARTS) is 1. The number of sulfonamides is 1. The SMILES string of the molecule is Cc1ccc(C(=O)O)cc1S(=O)(=O)NCCCN1CCC(C)CC1. The number of aromatic carboxylic acids is 1. The Labute approximate surface area is 143 Å². The van der Waals surface area contributed by atoms with E-state index in [0.717, 1.165) is 32.0 Å². The molecule has 24 heavy (non-hydrogen) atoms. The van der Waals surface area contributed by atoms with E-state index in [2.05, 4.69) is 16.5 Å². The summed E-state index contributed by atoms with van der Waals surface area (Å²) in [6, 6.07) is 4.15. The van der Waals surface area contributed by atoms with Gasteiger partial charge in [0.15, 0.2) is 0 Å². The van der Waals surface area contributed by atoms with E-state index in [4.69, 9.17) is 5.11 Å². The molecule has 6 nitrogen and oxygen atoms in total. The first-order chi connectivity index (χ1) is 11.3. The predicted molar refractivity (Wildman–Crippen MR) is 92.8 cm³/mol. The molecule has 0 aromatic heterocycles. The van der Waals surface area contributed by atoms with Crippen LogP contribution in [0.2, 0.25) is 0 Å². The van der Waals surface area contributed by atoms with Gasteiger partial charge >= 0.3 is 5.97 Å². The van der Waals surface area contributed by atoms with Crippen molar-refractivity contribution in [2.24, 2.45) is 5.92 Å².